The first-order valence-electron chi connectivity index (χ1n) is 2.75. The molecule has 0 unspecified atom stereocenters. The molecule has 0 bridgehead atoms. The number of aromatic amines is 1. The molecular weight excluding hydrogens is 300 g/mol. The van der Waals surface area contributed by atoms with Gasteiger partial charge in [-0.2, -0.15) is 0 Å². The maximum absolute atomic E-state index is 10.5. The molecule has 0 aromatic carbocycles. The van der Waals surface area contributed by atoms with Crippen molar-refractivity contribution in [2.75, 3.05) is 0 Å². The summed E-state index contributed by atoms with van der Waals surface area (Å²) in [4.78, 5) is 17.1. The summed E-state index contributed by atoms with van der Waals surface area (Å²) in [6.07, 6.45) is 3.68. The van der Waals surface area contributed by atoms with Crippen molar-refractivity contribution >= 4 is 5.78 Å². The second kappa shape index (κ2) is 4.39. The Kier molecular flexibility index (Phi) is 4.20. The minimum atomic E-state index is 0. The van der Waals surface area contributed by atoms with Crippen LogP contribution >= 0.6 is 0 Å². The van der Waals surface area contributed by atoms with Crippen LogP contribution in [0.1, 0.15) is 12.6 Å². The maximum Gasteiger partial charge on any atom is 0.135 e. The largest absolute Gasteiger partial charge is 0.348 e. The average Bonchev–Trinajstić information content (AvgIpc) is 2.15. The standard InChI is InChI=1S/C6H8N2O.W/c1-5(9)2-6-3-7-4-8-6;/h3-4H,2H2,1H3,(H,7,8);. The Hall–Kier alpha value is -0.432. The maximum atomic E-state index is 10.5. The van der Waals surface area contributed by atoms with Gasteiger partial charge in [-0.3, -0.25) is 4.79 Å². The topological polar surface area (TPSA) is 45.8 Å². The van der Waals surface area contributed by atoms with Gasteiger partial charge in [0.2, 0.25) is 0 Å². The number of carbonyl (C=O) groups is 1. The quantitative estimate of drug-likeness (QED) is 0.867. The van der Waals surface area contributed by atoms with Gasteiger partial charge >= 0.3 is 0 Å². The average molecular weight is 308 g/mol. The van der Waals surface area contributed by atoms with Crippen LogP contribution in [0.25, 0.3) is 0 Å². The summed E-state index contributed by atoms with van der Waals surface area (Å²) in [5.41, 5.74) is 0.877. The molecule has 3 nitrogen and oxygen atoms in total. The van der Waals surface area contributed by atoms with Crippen molar-refractivity contribution in [3.05, 3.63) is 18.2 Å². The summed E-state index contributed by atoms with van der Waals surface area (Å²) in [5, 5.41) is 0. The molecule has 1 aromatic rings. The summed E-state index contributed by atoms with van der Waals surface area (Å²) >= 11 is 0. The molecule has 1 rings (SSSR count). The molecule has 0 aliphatic heterocycles. The molecule has 0 aliphatic carbocycles. The van der Waals surface area contributed by atoms with Crippen LogP contribution < -0.4 is 0 Å². The molecule has 1 N–H and O–H groups in total. The van der Waals surface area contributed by atoms with E-state index in [1.807, 2.05) is 0 Å². The number of hydrogen-bond acceptors (Lipinski definition) is 2. The molecule has 1 heterocycles. The van der Waals surface area contributed by atoms with E-state index in [1.165, 1.54) is 0 Å². The number of aromatic nitrogens is 2. The fourth-order valence-corrected chi connectivity index (χ4v) is 0.650. The predicted molar refractivity (Wildman–Crippen MR) is 33.0 cm³/mol. The fourth-order valence-electron chi connectivity index (χ4n) is 0.650. The Morgan fingerprint density at radius 1 is 1.80 bits per heavy atom. The third-order valence-corrected chi connectivity index (χ3v) is 0.994. The third-order valence-electron chi connectivity index (χ3n) is 0.994. The van der Waals surface area contributed by atoms with E-state index in [2.05, 4.69) is 9.97 Å². The summed E-state index contributed by atoms with van der Waals surface area (Å²) in [5.74, 6) is 0.152. The number of Topliss-reactive ketones (excluding diaryl/α,β-unsaturated/α-hetero) is 1. The van der Waals surface area contributed by atoms with Crippen molar-refractivity contribution in [1.29, 1.82) is 0 Å². The number of rotatable bonds is 2. The first-order valence-corrected chi connectivity index (χ1v) is 2.75. The Morgan fingerprint density at radius 2 is 2.50 bits per heavy atom. The number of nitrogens with one attached hydrogen (secondary N) is 1. The Bertz CT molecular complexity index is 196. The van der Waals surface area contributed by atoms with Gasteiger partial charge < -0.3 is 4.98 Å². The summed E-state index contributed by atoms with van der Waals surface area (Å²) in [7, 11) is 0. The summed E-state index contributed by atoms with van der Waals surface area (Å²) in [6, 6.07) is 0. The molecule has 0 saturated heterocycles. The first kappa shape index (κ1) is 9.57. The second-order valence-electron chi connectivity index (χ2n) is 1.96. The van der Waals surface area contributed by atoms with Gasteiger partial charge in [0.05, 0.1) is 6.33 Å². The van der Waals surface area contributed by atoms with Crippen molar-refractivity contribution in [2.24, 2.45) is 0 Å². The Balaban J connectivity index is 0.000000810. The van der Waals surface area contributed by atoms with Gasteiger partial charge in [0.15, 0.2) is 0 Å². The minimum Gasteiger partial charge on any atom is -0.348 e. The molecule has 0 spiro atoms. The zero-order valence-corrected chi connectivity index (χ0v) is 8.56. The van der Waals surface area contributed by atoms with E-state index in [9.17, 15) is 4.79 Å². The molecule has 0 fully saturated rings. The van der Waals surface area contributed by atoms with Crippen LogP contribution in [0.2, 0.25) is 0 Å². The third kappa shape index (κ3) is 2.92. The Labute approximate surface area is 73.5 Å². The van der Waals surface area contributed by atoms with Crippen LogP contribution in [-0.4, -0.2) is 15.8 Å². The normalized spacial score (nSPS) is 8.50. The van der Waals surface area contributed by atoms with Crippen LogP contribution in [0.5, 0.6) is 0 Å². The first-order chi connectivity index (χ1) is 4.29. The molecule has 0 atom stereocenters. The van der Waals surface area contributed by atoms with Crippen molar-refractivity contribution in [3.63, 3.8) is 0 Å². The molecule has 4 heteroatoms. The van der Waals surface area contributed by atoms with Crippen LogP contribution in [0.3, 0.4) is 0 Å². The number of imidazole rings is 1. The summed E-state index contributed by atoms with van der Waals surface area (Å²) < 4.78 is 0. The van der Waals surface area contributed by atoms with Crippen molar-refractivity contribution in [2.45, 2.75) is 13.3 Å². The SMILES string of the molecule is CC(=O)Cc1cnc[nH]1.[W]. The zero-order valence-electron chi connectivity index (χ0n) is 5.63. The summed E-state index contributed by atoms with van der Waals surface area (Å²) in [6.45, 7) is 1.56. The molecule has 0 amide bonds. The fraction of sp³-hybridized carbons (Fsp3) is 0.333. The van der Waals surface area contributed by atoms with E-state index >= 15 is 0 Å². The van der Waals surface area contributed by atoms with E-state index in [4.69, 9.17) is 0 Å². The number of carbonyl (C=O) groups excluding carboxylic acids is 1. The van der Waals surface area contributed by atoms with E-state index < -0.39 is 0 Å². The number of hydrogen-bond donors (Lipinski definition) is 1. The Morgan fingerprint density at radius 3 is 2.90 bits per heavy atom. The van der Waals surface area contributed by atoms with Crippen LogP contribution in [0.15, 0.2) is 12.5 Å². The van der Waals surface area contributed by atoms with Gasteiger partial charge in [0.25, 0.3) is 0 Å². The minimum absolute atomic E-state index is 0. The van der Waals surface area contributed by atoms with E-state index in [-0.39, 0.29) is 26.8 Å². The van der Waals surface area contributed by atoms with Gasteiger partial charge in [-0.15, -0.1) is 0 Å². The molecule has 1 aromatic heterocycles. The monoisotopic (exact) mass is 308 g/mol. The van der Waals surface area contributed by atoms with Crippen LogP contribution in [0, 0.1) is 0 Å². The zero-order chi connectivity index (χ0) is 6.69. The molecule has 10 heavy (non-hydrogen) atoms. The molecular formula is C6H8N2OW. The molecule has 54 valence electrons. The van der Waals surface area contributed by atoms with E-state index in [0.717, 1.165) is 5.69 Å². The molecule has 0 aliphatic rings. The molecule has 0 radical (unpaired) electrons. The van der Waals surface area contributed by atoms with Crippen molar-refractivity contribution < 1.29 is 25.9 Å². The smallest absolute Gasteiger partial charge is 0.135 e. The number of ketones is 1. The van der Waals surface area contributed by atoms with Crippen LogP contribution in [0.4, 0.5) is 0 Å². The molecule has 0 saturated carbocycles. The van der Waals surface area contributed by atoms with Gasteiger partial charge in [0.1, 0.15) is 5.78 Å². The van der Waals surface area contributed by atoms with Crippen LogP contribution in [-0.2, 0) is 32.3 Å². The van der Waals surface area contributed by atoms with E-state index in [0.29, 0.717) is 6.42 Å². The number of nitrogens with zero attached hydrogens (tertiary/aromatic N) is 1. The van der Waals surface area contributed by atoms with Gasteiger partial charge in [0, 0.05) is 39.4 Å². The van der Waals surface area contributed by atoms with Gasteiger partial charge in [-0.1, -0.05) is 0 Å². The van der Waals surface area contributed by atoms with Crippen molar-refractivity contribution in [3.8, 4) is 0 Å². The second-order valence-corrected chi connectivity index (χ2v) is 1.96. The van der Waals surface area contributed by atoms with E-state index in [1.54, 1.807) is 19.4 Å². The number of H-pyrrole nitrogens is 1. The predicted octanol–water partition coefficient (Wildman–Crippen LogP) is 0.539. The van der Waals surface area contributed by atoms with Crippen molar-refractivity contribution in [1.82, 2.24) is 9.97 Å². The van der Waals surface area contributed by atoms with Gasteiger partial charge in [-0.05, 0) is 6.92 Å². The van der Waals surface area contributed by atoms with Gasteiger partial charge in [-0.25, -0.2) is 4.98 Å².